The number of rotatable bonds is 7. The van der Waals surface area contributed by atoms with Crippen LogP contribution in [-0.2, 0) is 16.0 Å². The zero-order chi connectivity index (χ0) is 14.3. The number of hydrogen-bond donors (Lipinski definition) is 1. The lowest BCUT2D eigenvalue weighted by atomic mass is 10.1. The van der Waals surface area contributed by atoms with Gasteiger partial charge >= 0.3 is 5.97 Å². The molecule has 0 saturated heterocycles. The van der Waals surface area contributed by atoms with E-state index in [4.69, 9.17) is 10.5 Å². The fraction of sp³-hybridized carbons (Fsp3) is 0.533. The summed E-state index contributed by atoms with van der Waals surface area (Å²) in [7, 11) is 1.34. The van der Waals surface area contributed by atoms with E-state index in [9.17, 15) is 4.79 Å². The largest absolute Gasteiger partial charge is 0.494 e. The molecule has 0 aliphatic carbocycles. The van der Waals surface area contributed by atoms with E-state index >= 15 is 0 Å². The average molecular weight is 302 g/mol. The number of halogens is 1. The third-order valence-corrected chi connectivity index (χ3v) is 2.85. The average Bonchev–Trinajstić information content (AvgIpc) is 2.39. The van der Waals surface area contributed by atoms with E-state index in [2.05, 4.69) is 18.6 Å². The number of carbonyl (C=O) groups excluding carboxylic acids is 1. The molecular weight excluding hydrogens is 278 g/mol. The van der Waals surface area contributed by atoms with E-state index in [1.807, 2.05) is 24.3 Å². The molecule has 0 unspecified atom stereocenters. The summed E-state index contributed by atoms with van der Waals surface area (Å²) < 4.78 is 10.2. The van der Waals surface area contributed by atoms with Gasteiger partial charge in [-0.2, -0.15) is 0 Å². The van der Waals surface area contributed by atoms with Crippen molar-refractivity contribution in [3.63, 3.8) is 0 Å². The molecule has 5 heteroatoms. The van der Waals surface area contributed by atoms with Gasteiger partial charge in [0.2, 0.25) is 0 Å². The van der Waals surface area contributed by atoms with Crippen molar-refractivity contribution in [1.82, 2.24) is 0 Å². The van der Waals surface area contributed by atoms with Crippen LogP contribution in [0.2, 0.25) is 0 Å². The maximum Gasteiger partial charge on any atom is 0.322 e. The Bertz CT molecular complexity index is 393. The summed E-state index contributed by atoms with van der Waals surface area (Å²) in [4.78, 5) is 11.2. The van der Waals surface area contributed by atoms with Crippen LogP contribution < -0.4 is 10.5 Å². The standard InChI is InChI=1S/C15H23NO3.ClH/c1-11(2)8-9-19-13-6-4-12(5-7-13)10-14(16)15(17)18-3;/h4-7,11,14H,8-10,16H2,1-3H3;1H/t14-;/m0./s1. The predicted octanol–water partition coefficient (Wildman–Crippen LogP) is 2.58. The summed E-state index contributed by atoms with van der Waals surface area (Å²) in [5.74, 6) is 1.09. The fourth-order valence-corrected chi connectivity index (χ4v) is 1.62. The van der Waals surface area contributed by atoms with Crippen molar-refractivity contribution < 1.29 is 14.3 Å². The Morgan fingerprint density at radius 3 is 2.35 bits per heavy atom. The Hall–Kier alpha value is -1.26. The Kier molecular flexibility index (Phi) is 9.01. The summed E-state index contributed by atoms with van der Waals surface area (Å²) in [6.07, 6.45) is 1.51. The molecule has 1 aromatic carbocycles. The number of benzene rings is 1. The molecular formula is C15H24ClNO3. The van der Waals surface area contributed by atoms with Crippen molar-refractivity contribution in [2.45, 2.75) is 32.7 Å². The van der Waals surface area contributed by atoms with Gasteiger partial charge in [0.15, 0.2) is 0 Å². The Labute approximate surface area is 127 Å². The molecule has 0 aliphatic heterocycles. The number of hydrogen-bond acceptors (Lipinski definition) is 4. The van der Waals surface area contributed by atoms with Crippen molar-refractivity contribution in [2.24, 2.45) is 11.7 Å². The van der Waals surface area contributed by atoms with Crippen molar-refractivity contribution >= 4 is 18.4 Å². The maximum absolute atomic E-state index is 11.2. The number of methoxy groups -OCH3 is 1. The second-order valence-electron chi connectivity index (χ2n) is 5.01. The number of esters is 1. The van der Waals surface area contributed by atoms with Crippen molar-refractivity contribution in [3.05, 3.63) is 29.8 Å². The van der Waals surface area contributed by atoms with Crippen LogP contribution in [0.1, 0.15) is 25.8 Å². The highest BCUT2D eigenvalue weighted by Gasteiger charge is 2.13. The monoisotopic (exact) mass is 301 g/mol. The lowest BCUT2D eigenvalue weighted by Crippen LogP contribution is -2.33. The van der Waals surface area contributed by atoms with Crippen LogP contribution in [0.3, 0.4) is 0 Å². The Morgan fingerprint density at radius 2 is 1.85 bits per heavy atom. The smallest absolute Gasteiger partial charge is 0.322 e. The second kappa shape index (κ2) is 9.61. The SMILES string of the molecule is COC(=O)[C@@H](N)Cc1ccc(OCCC(C)C)cc1.Cl. The number of carbonyl (C=O) groups is 1. The van der Waals surface area contributed by atoms with E-state index < -0.39 is 12.0 Å². The maximum atomic E-state index is 11.2. The van der Waals surface area contributed by atoms with E-state index in [1.54, 1.807) is 0 Å². The Morgan fingerprint density at radius 1 is 1.25 bits per heavy atom. The lowest BCUT2D eigenvalue weighted by Gasteiger charge is -2.11. The van der Waals surface area contributed by atoms with Crippen molar-refractivity contribution in [2.75, 3.05) is 13.7 Å². The molecule has 0 bridgehead atoms. The van der Waals surface area contributed by atoms with Crippen LogP contribution >= 0.6 is 12.4 Å². The predicted molar refractivity (Wildman–Crippen MR) is 82.3 cm³/mol. The highest BCUT2D eigenvalue weighted by atomic mass is 35.5. The molecule has 0 aliphatic rings. The molecule has 0 saturated carbocycles. The number of nitrogens with two attached hydrogens (primary N) is 1. The van der Waals surface area contributed by atoms with E-state index in [0.29, 0.717) is 12.3 Å². The minimum Gasteiger partial charge on any atom is -0.494 e. The summed E-state index contributed by atoms with van der Waals surface area (Å²) in [6, 6.07) is 7.04. The minimum absolute atomic E-state index is 0. The van der Waals surface area contributed by atoms with Gasteiger partial charge in [-0.15, -0.1) is 12.4 Å². The van der Waals surface area contributed by atoms with Gasteiger partial charge in [0.25, 0.3) is 0 Å². The summed E-state index contributed by atoms with van der Waals surface area (Å²) in [5, 5.41) is 0. The van der Waals surface area contributed by atoms with Crippen LogP contribution in [0, 0.1) is 5.92 Å². The first-order valence-electron chi connectivity index (χ1n) is 6.58. The molecule has 1 atom stereocenters. The quantitative estimate of drug-likeness (QED) is 0.786. The first kappa shape index (κ1) is 18.7. The second-order valence-corrected chi connectivity index (χ2v) is 5.01. The normalized spacial score (nSPS) is 11.7. The zero-order valence-corrected chi connectivity index (χ0v) is 13.1. The van der Waals surface area contributed by atoms with Crippen LogP contribution in [0.4, 0.5) is 0 Å². The molecule has 0 spiro atoms. The van der Waals surface area contributed by atoms with Gasteiger partial charge in [-0.05, 0) is 36.5 Å². The van der Waals surface area contributed by atoms with Gasteiger partial charge < -0.3 is 15.2 Å². The third-order valence-electron chi connectivity index (χ3n) is 2.85. The van der Waals surface area contributed by atoms with Crippen LogP contribution in [0.5, 0.6) is 5.75 Å². The fourth-order valence-electron chi connectivity index (χ4n) is 1.62. The molecule has 0 amide bonds. The van der Waals surface area contributed by atoms with Gasteiger partial charge in [0, 0.05) is 0 Å². The first-order chi connectivity index (χ1) is 9.02. The lowest BCUT2D eigenvalue weighted by molar-refractivity contribution is -0.142. The van der Waals surface area contributed by atoms with Gasteiger partial charge in [0.05, 0.1) is 13.7 Å². The van der Waals surface area contributed by atoms with Crippen LogP contribution in [-0.4, -0.2) is 25.7 Å². The van der Waals surface area contributed by atoms with Crippen molar-refractivity contribution in [1.29, 1.82) is 0 Å². The molecule has 20 heavy (non-hydrogen) atoms. The summed E-state index contributed by atoms with van der Waals surface area (Å²) in [6.45, 7) is 5.06. The first-order valence-corrected chi connectivity index (χ1v) is 6.58. The topological polar surface area (TPSA) is 61.5 Å². The van der Waals surface area contributed by atoms with Gasteiger partial charge in [-0.1, -0.05) is 26.0 Å². The van der Waals surface area contributed by atoms with E-state index in [1.165, 1.54) is 7.11 Å². The molecule has 1 aromatic rings. The Balaban J connectivity index is 0.00000361. The van der Waals surface area contributed by atoms with Crippen molar-refractivity contribution in [3.8, 4) is 5.75 Å². The summed E-state index contributed by atoms with van der Waals surface area (Å²) in [5.41, 5.74) is 6.70. The number of ether oxygens (including phenoxy) is 2. The molecule has 0 fully saturated rings. The molecule has 4 nitrogen and oxygen atoms in total. The van der Waals surface area contributed by atoms with Gasteiger partial charge in [0.1, 0.15) is 11.8 Å². The molecule has 0 radical (unpaired) electrons. The van der Waals surface area contributed by atoms with Crippen LogP contribution in [0.15, 0.2) is 24.3 Å². The molecule has 114 valence electrons. The highest BCUT2D eigenvalue weighted by molar-refractivity contribution is 5.85. The third kappa shape index (κ3) is 6.78. The molecule has 0 aromatic heterocycles. The molecule has 0 heterocycles. The van der Waals surface area contributed by atoms with E-state index in [0.717, 1.165) is 24.3 Å². The zero-order valence-electron chi connectivity index (χ0n) is 12.3. The van der Waals surface area contributed by atoms with Gasteiger partial charge in [-0.3, -0.25) is 4.79 Å². The van der Waals surface area contributed by atoms with Gasteiger partial charge in [-0.25, -0.2) is 0 Å². The van der Waals surface area contributed by atoms with E-state index in [-0.39, 0.29) is 12.4 Å². The molecule has 2 N–H and O–H groups in total. The van der Waals surface area contributed by atoms with Crippen LogP contribution in [0.25, 0.3) is 0 Å². The molecule has 1 rings (SSSR count). The summed E-state index contributed by atoms with van der Waals surface area (Å²) >= 11 is 0. The minimum atomic E-state index is -0.613. The highest BCUT2D eigenvalue weighted by Crippen LogP contribution is 2.14.